The zero-order chi connectivity index (χ0) is 22.3. The molecule has 1 atom stereocenters. The fourth-order valence-corrected chi connectivity index (χ4v) is 3.34. The Kier molecular flexibility index (Phi) is 8.56. The van der Waals surface area contributed by atoms with E-state index >= 15 is 0 Å². The molecule has 1 unspecified atom stereocenters. The van der Waals surface area contributed by atoms with Gasteiger partial charge in [-0.15, -0.1) is 0 Å². The molecule has 0 fully saturated rings. The number of ether oxygens (including phenoxy) is 1. The maximum atomic E-state index is 13.1. The predicted octanol–water partition coefficient (Wildman–Crippen LogP) is 5.09. The van der Waals surface area contributed by atoms with Crippen molar-refractivity contribution < 1.29 is 14.3 Å². The quantitative estimate of drug-likeness (QED) is 0.608. The van der Waals surface area contributed by atoms with Gasteiger partial charge in [-0.05, 0) is 57.0 Å². The van der Waals surface area contributed by atoms with E-state index in [0.717, 1.165) is 5.56 Å². The molecule has 0 aliphatic carbocycles. The summed E-state index contributed by atoms with van der Waals surface area (Å²) < 4.78 is 5.63. The van der Waals surface area contributed by atoms with Crippen LogP contribution in [0.25, 0.3) is 0 Å². The number of nitrogens with zero attached hydrogens (tertiary/aromatic N) is 1. The third-order valence-electron chi connectivity index (χ3n) is 4.34. The summed E-state index contributed by atoms with van der Waals surface area (Å²) in [6, 6.07) is 13.5. The van der Waals surface area contributed by atoms with Crippen LogP contribution in [0.3, 0.4) is 0 Å². The van der Waals surface area contributed by atoms with E-state index < -0.39 is 11.6 Å². The van der Waals surface area contributed by atoms with Crippen molar-refractivity contribution in [2.45, 2.75) is 52.2 Å². The van der Waals surface area contributed by atoms with E-state index in [-0.39, 0.29) is 25.0 Å². The number of hydrogen-bond acceptors (Lipinski definition) is 3. The van der Waals surface area contributed by atoms with Crippen molar-refractivity contribution in [3.63, 3.8) is 0 Å². The number of rotatable bonds is 8. The Balaban J connectivity index is 2.25. The monoisotopic (exact) mass is 450 g/mol. The summed E-state index contributed by atoms with van der Waals surface area (Å²) in [5, 5.41) is 4.02. The first-order chi connectivity index (χ1) is 14.1. The van der Waals surface area contributed by atoms with Crippen molar-refractivity contribution in [3.05, 3.63) is 64.1 Å². The molecule has 2 rings (SSSR count). The minimum Gasteiger partial charge on any atom is -0.484 e. The average molecular weight is 451 g/mol. The Labute approximate surface area is 188 Å². The van der Waals surface area contributed by atoms with Gasteiger partial charge in [0, 0.05) is 22.1 Å². The molecule has 0 radical (unpaired) electrons. The van der Waals surface area contributed by atoms with Gasteiger partial charge in [-0.1, -0.05) is 54.4 Å². The van der Waals surface area contributed by atoms with Crippen LogP contribution in [0.15, 0.2) is 48.5 Å². The van der Waals surface area contributed by atoms with Crippen LogP contribution in [0.1, 0.15) is 39.7 Å². The molecule has 0 aliphatic rings. The number of carbonyl (C=O) groups excluding carboxylic acids is 2. The van der Waals surface area contributed by atoms with E-state index in [1.807, 2.05) is 45.9 Å². The Bertz CT molecular complexity index is 881. The molecule has 5 nitrogen and oxygen atoms in total. The normalized spacial score (nSPS) is 12.2. The molecule has 30 heavy (non-hydrogen) atoms. The number of amides is 2. The second kappa shape index (κ2) is 10.7. The molecule has 0 aromatic heterocycles. The number of halogens is 2. The zero-order valence-corrected chi connectivity index (χ0v) is 19.3. The van der Waals surface area contributed by atoms with Gasteiger partial charge in [-0.2, -0.15) is 0 Å². The Morgan fingerprint density at radius 1 is 1.10 bits per heavy atom. The van der Waals surface area contributed by atoms with Crippen LogP contribution in [0, 0.1) is 0 Å². The summed E-state index contributed by atoms with van der Waals surface area (Å²) in [4.78, 5) is 27.6. The lowest BCUT2D eigenvalue weighted by Crippen LogP contribution is -2.54. The average Bonchev–Trinajstić information content (AvgIpc) is 2.66. The molecular weight excluding hydrogens is 423 g/mol. The van der Waals surface area contributed by atoms with Gasteiger partial charge in [0.05, 0.1) is 0 Å². The fraction of sp³-hybridized carbons (Fsp3) is 0.391. The third-order valence-corrected chi connectivity index (χ3v) is 4.94. The molecule has 0 bridgehead atoms. The van der Waals surface area contributed by atoms with Gasteiger partial charge in [0.2, 0.25) is 5.91 Å². The number of carbonyl (C=O) groups is 2. The molecule has 2 aromatic rings. The summed E-state index contributed by atoms with van der Waals surface area (Å²) in [5.41, 5.74) is 0.346. The minimum absolute atomic E-state index is 0.202. The van der Waals surface area contributed by atoms with Crippen LogP contribution in [-0.4, -0.2) is 34.9 Å². The largest absolute Gasteiger partial charge is 0.484 e. The van der Waals surface area contributed by atoms with Crippen LogP contribution >= 0.6 is 23.2 Å². The molecular formula is C23H28Cl2N2O3. The topological polar surface area (TPSA) is 58.6 Å². The first-order valence-electron chi connectivity index (χ1n) is 9.84. The van der Waals surface area contributed by atoms with E-state index in [0.29, 0.717) is 22.2 Å². The van der Waals surface area contributed by atoms with Crippen molar-refractivity contribution in [2.24, 2.45) is 0 Å². The van der Waals surface area contributed by atoms with E-state index in [4.69, 9.17) is 27.9 Å². The molecule has 162 valence electrons. The maximum Gasteiger partial charge on any atom is 0.261 e. The van der Waals surface area contributed by atoms with Gasteiger partial charge >= 0.3 is 0 Å². The lowest BCUT2D eigenvalue weighted by molar-refractivity contribution is -0.143. The Hall–Kier alpha value is -2.24. The summed E-state index contributed by atoms with van der Waals surface area (Å²) in [6.45, 7) is 7.56. The summed E-state index contributed by atoms with van der Waals surface area (Å²) in [6.07, 6.45) is 0.454. The summed E-state index contributed by atoms with van der Waals surface area (Å²) >= 11 is 12.3. The van der Waals surface area contributed by atoms with E-state index in [9.17, 15) is 9.59 Å². The third kappa shape index (κ3) is 7.22. The van der Waals surface area contributed by atoms with Crippen molar-refractivity contribution in [1.82, 2.24) is 10.2 Å². The molecule has 0 aliphatic heterocycles. The molecule has 7 heteroatoms. The van der Waals surface area contributed by atoms with Crippen molar-refractivity contribution in [2.75, 3.05) is 6.61 Å². The second-order valence-electron chi connectivity index (χ2n) is 8.02. The molecule has 0 saturated heterocycles. The fourth-order valence-electron chi connectivity index (χ4n) is 2.97. The van der Waals surface area contributed by atoms with E-state index in [2.05, 4.69) is 5.32 Å². The molecule has 1 N–H and O–H groups in total. The van der Waals surface area contributed by atoms with Crippen molar-refractivity contribution in [1.29, 1.82) is 0 Å². The smallest absolute Gasteiger partial charge is 0.261 e. The minimum atomic E-state index is -0.657. The van der Waals surface area contributed by atoms with Gasteiger partial charge in [-0.25, -0.2) is 0 Å². The van der Waals surface area contributed by atoms with Crippen LogP contribution in [0.4, 0.5) is 0 Å². The van der Waals surface area contributed by atoms with Crippen molar-refractivity contribution in [3.8, 4) is 5.75 Å². The van der Waals surface area contributed by atoms with Crippen LogP contribution in [0.2, 0.25) is 10.0 Å². The van der Waals surface area contributed by atoms with E-state index in [1.165, 1.54) is 4.90 Å². The molecule has 2 amide bonds. The number of hydrogen-bond donors (Lipinski definition) is 1. The van der Waals surface area contributed by atoms with E-state index in [1.54, 1.807) is 30.3 Å². The highest BCUT2D eigenvalue weighted by molar-refractivity contribution is 6.31. The summed E-state index contributed by atoms with van der Waals surface area (Å²) in [7, 11) is 0. The van der Waals surface area contributed by atoms with Gasteiger partial charge in [-0.3, -0.25) is 9.59 Å². The molecule has 0 spiro atoms. The van der Waals surface area contributed by atoms with Crippen LogP contribution < -0.4 is 10.1 Å². The Morgan fingerprint density at radius 3 is 2.40 bits per heavy atom. The lowest BCUT2D eigenvalue weighted by atomic mass is 10.1. The molecule has 0 saturated carbocycles. The van der Waals surface area contributed by atoms with Gasteiger partial charge in [0.1, 0.15) is 11.8 Å². The van der Waals surface area contributed by atoms with Gasteiger partial charge in [0.25, 0.3) is 5.91 Å². The van der Waals surface area contributed by atoms with Crippen molar-refractivity contribution >= 4 is 35.0 Å². The predicted molar refractivity (Wildman–Crippen MR) is 121 cm³/mol. The SMILES string of the molecule is CCC(C(=O)NC(C)(C)C)N(Cc1ccccc1Cl)C(=O)COc1cccc(Cl)c1. The van der Waals surface area contributed by atoms with Gasteiger partial charge < -0.3 is 15.0 Å². The lowest BCUT2D eigenvalue weighted by Gasteiger charge is -2.33. The summed E-state index contributed by atoms with van der Waals surface area (Å²) in [5.74, 6) is -0.0419. The molecule has 0 heterocycles. The Morgan fingerprint density at radius 2 is 1.80 bits per heavy atom. The molecule has 2 aromatic carbocycles. The van der Waals surface area contributed by atoms with Crippen LogP contribution in [0.5, 0.6) is 5.75 Å². The highest BCUT2D eigenvalue weighted by Crippen LogP contribution is 2.21. The number of nitrogens with one attached hydrogen (secondary N) is 1. The second-order valence-corrected chi connectivity index (χ2v) is 8.87. The van der Waals surface area contributed by atoms with Crippen LogP contribution in [-0.2, 0) is 16.1 Å². The number of benzene rings is 2. The maximum absolute atomic E-state index is 13.1. The first kappa shape index (κ1) is 24.0. The highest BCUT2D eigenvalue weighted by atomic mass is 35.5. The highest BCUT2D eigenvalue weighted by Gasteiger charge is 2.31. The first-order valence-corrected chi connectivity index (χ1v) is 10.6. The zero-order valence-electron chi connectivity index (χ0n) is 17.7. The van der Waals surface area contributed by atoms with Gasteiger partial charge in [0.15, 0.2) is 6.61 Å². The standard InChI is InChI=1S/C23H28Cl2N2O3/c1-5-20(22(29)26-23(2,3)4)27(14-16-9-6-7-12-19(16)25)21(28)15-30-18-11-8-10-17(24)13-18/h6-13,20H,5,14-15H2,1-4H3,(H,26,29).